The van der Waals surface area contributed by atoms with Crippen LogP contribution in [0.15, 0.2) is 25.3 Å². The Kier molecular flexibility index (Phi) is 90.9. The predicted molar refractivity (Wildman–Crippen MR) is 46.5 cm³/mol. The van der Waals surface area contributed by atoms with Gasteiger partial charge in [0.25, 0.3) is 0 Å². The number of hydrogen-bond acceptors (Lipinski definition) is 1. The van der Waals surface area contributed by atoms with E-state index in [1.54, 1.807) is 6.08 Å². The van der Waals surface area contributed by atoms with Crippen molar-refractivity contribution in [2.75, 3.05) is 7.05 Å². The third-order valence-corrected chi connectivity index (χ3v) is 0.289. The third-order valence-electron chi connectivity index (χ3n) is 0.289. The van der Waals surface area contributed by atoms with Gasteiger partial charge in [0.1, 0.15) is 0 Å². The molecule has 1 heteroatoms. The van der Waals surface area contributed by atoms with Crippen LogP contribution in [0, 0.1) is 0 Å². The van der Waals surface area contributed by atoms with Gasteiger partial charge in [0.15, 0.2) is 0 Å². The molecule has 0 saturated heterocycles. The molecule has 0 fully saturated rings. The highest BCUT2D eigenvalue weighted by Crippen LogP contribution is 1.66. The lowest BCUT2D eigenvalue weighted by Crippen LogP contribution is -1.69. The Balaban J connectivity index is -0.0000000646. The molecule has 0 aliphatic carbocycles. The van der Waals surface area contributed by atoms with Gasteiger partial charge in [-0.3, -0.25) is 0 Å². The van der Waals surface area contributed by atoms with Crippen LogP contribution in [0.1, 0.15) is 20.3 Å². The lowest BCUT2D eigenvalue weighted by atomic mass is 10.5. The minimum atomic E-state index is 1.08. The first-order chi connectivity index (χ1) is 4.33. The van der Waals surface area contributed by atoms with Crippen LogP contribution in [0.3, 0.4) is 0 Å². The average Bonchev–Trinajstić information content (AvgIpc) is 1.94. The normalized spacial score (nSPS) is 4.89. The minimum absolute atomic E-state index is 1.08. The second-order valence-corrected chi connectivity index (χ2v) is 1.11. The molecule has 0 heterocycles. The molecular formula is C8H19N. The highest BCUT2D eigenvalue weighted by atomic mass is 14.4. The van der Waals surface area contributed by atoms with E-state index in [0.717, 1.165) is 6.42 Å². The van der Waals surface area contributed by atoms with E-state index in [4.69, 9.17) is 0 Å². The van der Waals surface area contributed by atoms with Gasteiger partial charge in [-0.05, 0) is 20.4 Å². The maximum absolute atomic E-state index is 4.50. The van der Waals surface area contributed by atoms with Gasteiger partial charge in [-0.25, -0.2) is 0 Å². The Bertz CT molecular complexity index is 39.8. The van der Waals surface area contributed by atoms with Crippen molar-refractivity contribution >= 4 is 0 Å². The molecule has 9 heavy (non-hydrogen) atoms. The second kappa shape index (κ2) is 51.8. The zero-order valence-corrected chi connectivity index (χ0v) is 6.85. The molecule has 0 saturated carbocycles. The first kappa shape index (κ1) is 15.8. The molecule has 0 radical (unpaired) electrons. The quantitative estimate of drug-likeness (QED) is 0.540. The Hall–Kier alpha value is -0.560. The van der Waals surface area contributed by atoms with Gasteiger partial charge in [0, 0.05) is 0 Å². The molecule has 0 rings (SSSR count). The Labute approximate surface area is 59.3 Å². The van der Waals surface area contributed by atoms with E-state index >= 15 is 0 Å². The van der Waals surface area contributed by atoms with Crippen molar-refractivity contribution in [3.63, 3.8) is 0 Å². The minimum Gasteiger partial charge on any atom is -0.333 e. The molecule has 0 aliphatic heterocycles. The van der Waals surface area contributed by atoms with Crippen LogP contribution >= 0.6 is 0 Å². The Morgan fingerprint density at radius 3 is 1.44 bits per heavy atom. The van der Waals surface area contributed by atoms with E-state index in [2.05, 4.69) is 25.8 Å². The highest BCUT2D eigenvalue weighted by molar-refractivity contribution is 4.60. The van der Waals surface area contributed by atoms with Crippen molar-refractivity contribution in [3.05, 3.63) is 25.3 Å². The van der Waals surface area contributed by atoms with Crippen LogP contribution in [0.4, 0.5) is 0 Å². The van der Waals surface area contributed by atoms with E-state index in [-0.39, 0.29) is 0 Å². The molecule has 0 atom stereocenters. The van der Waals surface area contributed by atoms with Crippen LogP contribution in [-0.2, 0) is 0 Å². The summed E-state index contributed by atoms with van der Waals surface area (Å²) < 4.78 is 0. The van der Waals surface area contributed by atoms with Crippen LogP contribution < -0.4 is 5.73 Å². The van der Waals surface area contributed by atoms with Gasteiger partial charge in [-0.1, -0.05) is 19.1 Å². The molecule has 0 aromatic carbocycles. The average molecular weight is 129 g/mol. The molecule has 1 nitrogen and oxygen atoms in total. The maximum atomic E-state index is 4.50. The predicted octanol–water partition coefficient (Wildman–Crippen LogP) is 2.35. The van der Waals surface area contributed by atoms with Crippen LogP contribution in [0.2, 0.25) is 0 Å². The molecule has 0 aromatic heterocycles. The smallest absolute Gasteiger partial charge is 0.0195 e. The summed E-state index contributed by atoms with van der Waals surface area (Å²) in [5, 5.41) is 0. The molecule has 0 aliphatic rings. The standard InChI is InChI=1S/C4H8.C3H6.CH5N/c1-3-4-2;1-3-2;1-2/h3H,1,4H2,2H3;3H,1H2,2H3;2H2,1H3. The summed E-state index contributed by atoms with van der Waals surface area (Å²) in [6.45, 7) is 10.8. The molecule has 2 N–H and O–H groups in total. The van der Waals surface area contributed by atoms with Gasteiger partial charge < -0.3 is 5.73 Å². The molecule has 56 valence electrons. The van der Waals surface area contributed by atoms with Crippen molar-refractivity contribution in [1.29, 1.82) is 0 Å². The van der Waals surface area contributed by atoms with Gasteiger partial charge in [-0.15, -0.1) is 13.2 Å². The first-order valence-corrected chi connectivity index (χ1v) is 3.09. The topological polar surface area (TPSA) is 26.0 Å². The van der Waals surface area contributed by atoms with Crippen molar-refractivity contribution in [3.8, 4) is 0 Å². The van der Waals surface area contributed by atoms with Crippen molar-refractivity contribution in [2.45, 2.75) is 20.3 Å². The second-order valence-electron chi connectivity index (χ2n) is 1.11. The summed E-state index contributed by atoms with van der Waals surface area (Å²) in [6.07, 6.45) is 4.71. The fourth-order valence-electron chi connectivity index (χ4n) is 0. The molecule has 0 amide bonds. The van der Waals surface area contributed by atoms with E-state index in [9.17, 15) is 0 Å². The number of allylic oxidation sites excluding steroid dienone is 2. The number of nitrogens with two attached hydrogens (primary N) is 1. The van der Waals surface area contributed by atoms with E-state index in [1.165, 1.54) is 7.05 Å². The largest absolute Gasteiger partial charge is 0.333 e. The zero-order chi connectivity index (χ0) is 8.12. The van der Waals surface area contributed by atoms with Crippen molar-refractivity contribution < 1.29 is 0 Å². The maximum Gasteiger partial charge on any atom is -0.0195 e. The summed E-state index contributed by atoms with van der Waals surface area (Å²) >= 11 is 0. The number of rotatable bonds is 1. The van der Waals surface area contributed by atoms with Gasteiger partial charge in [0.05, 0.1) is 0 Å². The van der Waals surface area contributed by atoms with Gasteiger partial charge in [0.2, 0.25) is 0 Å². The molecular weight excluding hydrogens is 110 g/mol. The highest BCUT2D eigenvalue weighted by Gasteiger charge is 1.45. The van der Waals surface area contributed by atoms with E-state index in [1.807, 2.05) is 13.0 Å². The summed E-state index contributed by atoms with van der Waals surface area (Å²) in [4.78, 5) is 0. The van der Waals surface area contributed by atoms with Gasteiger partial charge in [-0.2, -0.15) is 0 Å². The fraction of sp³-hybridized carbons (Fsp3) is 0.500. The van der Waals surface area contributed by atoms with Crippen LogP contribution in [0.5, 0.6) is 0 Å². The Morgan fingerprint density at radius 2 is 1.44 bits per heavy atom. The summed E-state index contributed by atoms with van der Waals surface area (Å²) in [7, 11) is 1.50. The molecule has 0 aromatic rings. The molecule has 0 unspecified atom stereocenters. The fourth-order valence-corrected chi connectivity index (χ4v) is 0. The number of hydrogen-bond donors (Lipinski definition) is 1. The summed E-state index contributed by atoms with van der Waals surface area (Å²) in [5.74, 6) is 0. The van der Waals surface area contributed by atoms with Gasteiger partial charge >= 0.3 is 0 Å². The summed E-state index contributed by atoms with van der Waals surface area (Å²) in [6, 6.07) is 0. The van der Waals surface area contributed by atoms with Crippen LogP contribution in [0.25, 0.3) is 0 Å². The molecule has 0 spiro atoms. The monoisotopic (exact) mass is 129 g/mol. The Morgan fingerprint density at radius 1 is 1.33 bits per heavy atom. The SMILES string of the molecule is C=CC.C=CCC.CN. The lowest BCUT2D eigenvalue weighted by molar-refractivity contribution is 1.23. The summed E-state index contributed by atoms with van der Waals surface area (Å²) in [5.41, 5.74) is 4.50. The van der Waals surface area contributed by atoms with Crippen molar-refractivity contribution in [2.24, 2.45) is 5.73 Å². The van der Waals surface area contributed by atoms with Crippen LogP contribution in [-0.4, -0.2) is 7.05 Å². The first-order valence-electron chi connectivity index (χ1n) is 3.09. The lowest BCUT2D eigenvalue weighted by Gasteiger charge is -1.57. The van der Waals surface area contributed by atoms with E-state index < -0.39 is 0 Å². The third kappa shape index (κ3) is 1140. The zero-order valence-electron chi connectivity index (χ0n) is 6.85. The molecule has 0 bridgehead atoms. The van der Waals surface area contributed by atoms with Crippen molar-refractivity contribution in [1.82, 2.24) is 0 Å². The van der Waals surface area contributed by atoms with E-state index in [0.29, 0.717) is 0 Å².